The number of allylic oxidation sites excluding steroid dienone is 4. The molecule has 0 fully saturated rings. The minimum atomic E-state index is 0.165. The van der Waals surface area contributed by atoms with Gasteiger partial charge in [-0.15, -0.1) is 0 Å². The maximum Gasteiger partial charge on any atom is 0.125 e. The third-order valence-electron chi connectivity index (χ3n) is 4.53. The van der Waals surface area contributed by atoms with E-state index in [-0.39, 0.29) is 11.5 Å². The molecule has 1 atom stereocenters. The Bertz CT molecular complexity index is 529. The highest BCUT2D eigenvalue weighted by atomic mass is 16.3. The lowest BCUT2D eigenvalue weighted by molar-refractivity contribution is 0.431. The first-order valence-corrected chi connectivity index (χ1v) is 9.43. The molecule has 134 valence electrons. The third-order valence-corrected chi connectivity index (χ3v) is 4.53. The van der Waals surface area contributed by atoms with Crippen LogP contribution in [0.1, 0.15) is 82.3 Å². The number of unbranched alkanes of at least 4 members (excludes halogenated alkanes) is 3. The molecule has 2 nitrogen and oxygen atoms in total. The monoisotopic (exact) mass is 330 g/mol. The van der Waals surface area contributed by atoms with Gasteiger partial charge in [0.05, 0.1) is 0 Å². The topological polar surface area (TPSA) is 40.5 Å². The van der Waals surface area contributed by atoms with Crippen LogP contribution >= 0.6 is 0 Å². The Kier molecular flexibility index (Phi) is 9.98. The molecule has 1 aromatic carbocycles. The van der Waals surface area contributed by atoms with Crippen LogP contribution in [0, 0.1) is 6.92 Å². The Balaban J connectivity index is 2.66. The molecule has 2 heteroatoms. The van der Waals surface area contributed by atoms with Gasteiger partial charge in [-0.05, 0) is 50.2 Å². The van der Waals surface area contributed by atoms with Gasteiger partial charge in [0.25, 0.3) is 0 Å². The molecule has 0 spiro atoms. The van der Waals surface area contributed by atoms with E-state index in [1.807, 2.05) is 6.07 Å². The summed E-state index contributed by atoms with van der Waals surface area (Å²) in [7, 11) is 0. The highest BCUT2D eigenvalue weighted by molar-refractivity contribution is 5.49. The quantitative estimate of drug-likeness (QED) is 0.347. The van der Waals surface area contributed by atoms with Gasteiger partial charge in [-0.2, -0.15) is 0 Å². The molecule has 0 heterocycles. The van der Waals surface area contributed by atoms with Gasteiger partial charge in [0, 0.05) is 5.56 Å². The number of aromatic hydroxyl groups is 2. The lowest BCUT2D eigenvalue weighted by atomic mass is 9.88. The molecule has 2 N–H and O–H groups in total. The molecule has 0 amide bonds. The van der Waals surface area contributed by atoms with Gasteiger partial charge < -0.3 is 10.2 Å². The number of benzene rings is 1. The van der Waals surface area contributed by atoms with Crippen molar-refractivity contribution in [1.29, 1.82) is 0 Å². The fourth-order valence-electron chi connectivity index (χ4n) is 2.86. The maximum atomic E-state index is 10.4. The molecule has 0 aliphatic heterocycles. The number of hydrogen-bond donors (Lipinski definition) is 2. The summed E-state index contributed by atoms with van der Waals surface area (Å²) in [4.78, 5) is 0. The van der Waals surface area contributed by atoms with Crippen LogP contribution in [0.15, 0.2) is 36.4 Å². The molecule has 0 bridgehead atoms. The van der Waals surface area contributed by atoms with Crippen LogP contribution in [0.25, 0.3) is 0 Å². The van der Waals surface area contributed by atoms with E-state index in [9.17, 15) is 10.2 Å². The zero-order valence-corrected chi connectivity index (χ0v) is 15.6. The largest absolute Gasteiger partial charge is 0.508 e. The van der Waals surface area contributed by atoms with Crippen molar-refractivity contribution in [3.05, 3.63) is 47.6 Å². The highest BCUT2D eigenvalue weighted by Gasteiger charge is 2.16. The van der Waals surface area contributed by atoms with Crippen LogP contribution < -0.4 is 0 Å². The molecular weight excluding hydrogens is 296 g/mol. The Morgan fingerprint density at radius 1 is 0.958 bits per heavy atom. The lowest BCUT2D eigenvalue weighted by Gasteiger charge is -2.18. The number of rotatable bonds is 11. The summed E-state index contributed by atoms with van der Waals surface area (Å²) in [5.74, 6) is 0.729. The van der Waals surface area contributed by atoms with Crippen molar-refractivity contribution in [2.24, 2.45) is 0 Å². The minimum Gasteiger partial charge on any atom is -0.508 e. The molecular formula is C22H34O2. The minimum absolute atomic E-state index is 0.165. The van der Waals surface area contributed by atoms with E-state index in [4.69, 9.17) is 0 Å². The molecule has 1 rings (SSSR count). The van der Waals surface area contributed by atoms with Crippen molar-refractivity contribution in [2.45, 2.75) is 78.1 Å². The van der Waals surface area contributed by atoms with Crippen molar-refractivity contribution in [3.63, 3.8) is 0 Å². The number of phenols is 2. The van der Waals surface area contributed by atoms with Gasteiger partial charge in [-0.25, -0.2) is 0 Å². The molecule has 0 saturated carbocycles. The summed E-state index contributed by atoms with van der Waals surface area (Å²) in [5, 5.41) is 20.1. The van der Waals surface area contributed by atoms with Crippen LogP contribution in [0.3, 0.4) is 0 Å². The van der Waals surface area contributed by atoms with Crippen molar-refractivity contribution in [1.82, 2.24) is 0 Å². The van der Waals surface area contributed by atoms with Gasteiger partial charge in [0.1, 0.15) is 11.5 Å². The first-order chi connectivity index (χ1) is 11.6. The van der Waals surface area contributed by atoms with E-state index in [0.717, 1.165) is 37.7 Å². The van der Waals surface area contributed by atoms with Crippen molar-refractivity contribution < 1.29 is 10.2 Å². The van der Waals surface area contributed by atoms with Crippen molar-refractivity contribution in [3.8, 4) is 11.5 Å². The van der Waals surface area contributed by atoms with Gasteiger partial charge in [-0.1, -0.05) is 69.9 Å². The Hall–Kier alpha value is -1.70. The first kappa shape index (κ1) is 20.3. The highest BCUT2D eigenvalue weighted by Crippen LogP contribution is 2.37. The van der Waals surface area contributed by atoms with Gasteiger partial charge >= 0.3 is 0 Å². The normalized spacial score (nSPS) is 13.1. The number of hydrogen-bond acceptors (Lipinski definition) is 2. The third kappa shape index (κ3) is 6.82. The van der Waals surface area contributed by atoms with E-state index in [0.29, 0.717) is 11.5 Å². The van der Waals surface area contributed by atoms with Crippen LogP contribution in [0.5, 0.6) is 11.5 Å². The molecule has 0 aromatic heterocycles. The van der Waals surface area contributed by atoms with Crippen molar-refractivity contribution in [2.75, 3.05) is 0 Å². The van der Waals surface area contributed by atoms with Gasteiger partial charge in [-0.3, -0.25) is 0 Å². The molecule has 1 aromatic rings. The smallest absolute Gasteiger partial charge is 0.125 e. The summed E-state index contributed by atoms with van der Waals surface area (Å²) in [6.07, 6.45) is 17.9. The molecule has 0 aliphatic rings. The first-order valence-electron chi connectivity index (χ1n) is 9.43. The summed E-state index contributed by atoms with van der Waals surface area (Å²) < 4.78 is 0. The summed E-state index contributed by atoms with van der Waals surface area (Å²) in [6, 6.07) is 3.57. The Morgan fingerprint density at radius 2 is 1.67 bits per heavy atom. The average molecular weight is 331 g/mol. The van der Waals surface area contributed by atoms with Crippen LogP contribution in [-0.4, -0.2) is 10.2 Å². The molecule has 0 aliphatic carbocycles. The summed E-state index contributed by atoms with van der Waals surface area (Å²) in [6.45, 7) is 6.17. The van der Waals surface area contributed by atoms with E-state index in [2.05, 4.69) is 38.2 Å². The van der Waals surface area contributed by atoms with Gasteiger partial charge in [0.2, 0.25) is 0 Å². The number of phenolic OH excluding ortho intramolecular Hbond substituents is 2. The second-order valence-corrected chi connectivity index (χ2v) is 6.54. The Labute approximate surface area is 147 Å². The standard InChI is InChI=1S/C22H34O2/c1-4-6-8-9-10-11-12-13-15-19(14-7-5-2)20-16-17-21(23)18(3)22(20)24/h9-10,12-13,16-17,19,23-24H,4-8,11,14-15H2,1-3H3. The predicted molar refractivity (Wildman–Crippen MR) is 104 cm³/mol. The second kappa shape index (κ2) is 11.8. The lowest BCUT2D eigenvalue weighted by Crippen LogP contribution is -1.99. The molecule has 0 saturated heterocycles. The molecule has 24 heavy (non-hydrogen) atoms. The fourth-order valence-corrected chi connectivity index (χ4v) is 2.86. The van der Waals surface area contributed by atoms with Crippen molar-refractivity contribution >= 4 is 0 Å². The van der Waals surface area contributed by atoms with E-state index in [1.54, 1.807) is 13.0 Å². The maximum absolute atomic E-state index is 10.4. The van der Waals surface area contributed by atoms with Crippen LogP contribution in [0.2, 0.25) is 0 Å². The van der Waals surface area contributed by atoms with Gasteiger partial charge in [0.15, 0.2) is 0 Å². The Morgan fingerprint density at radius 3 is 2.38 bits per heavy atom. The molecule has 0 radical (unpaired) electrons. The molecule has 1 unspecified atom stereocenters. The van der Waals surface area contributed by atoms with E-state index in [1.165, 1.54) is 19.3 Å². The zero-order valence-electron chi connectivity index (χ0n) is 15.6. The fraction of sp³-hybridized carbons (Fsp3) is 0.545. The van der Waals surface area contributed by atoms with E-state index < -0.39 is 0 Å². The van der Waals surface area contributed by atoms with Crippen LogP contribution in [0.4, 0.5) is 0 Å². The van der Waals surface area contributed by atoms with E-state index >= 15 is 0 Å². The SMILES string of the molecule is CCCCC=CCC=CCC(CCCC)c1ccc(O)c(C)c1O. The predicted octanol–water partition coefficient (Wildman–Crippen LogP) is 6.76. The summed E-state index contributed by atoms with van der Waals surface area (Å²) >= 11 is 0. The second-order valence-electron chi connectivity index (χ2n) is 6.54. The zero-order chi connectivity index (χ0) is 17.8. The average Bonchev–Trinajstić information content (AvgIpc) is 2.58. The van der Waals surface area contributed by atoms with Crippen LogP contribution in [-0.2, 0) is 0 Å². The summed E-state index contributed by atoms with van der Waals surface area (Å²) in [5.41, 5.74) is 1.54.